The van der Waals surface area contributed by atoms with Crippen molar-refractivity contribution < 1.29 is 14.7 Å². The molecule has 3 nitrogen and oxygen atoms in total. The van der Waals surface area contributed by atoms with Crippen LogP contribution in [0.4, 0.5) is 0 Å². The summed E-state index contributed by atoms with van der Waals surface area (Å²) in [5.74, 6) is -0.477. The van der Waals surface area contributed by atoms with Crippen LogP contribution in [0.5, 0.6) is 0 Å². The van der Waals surface area contributed by atoms with E-state index in [4.69, 9.17) is 5.11 Å². The predicted molar refractivity (Wildman–Crippen MR) is 123 cm³/mol. The molecular weight excluding hydrogens is 372 g/mol. The molecule has 3 heteroatoms. The van der Waals surface area contributed by atoms with Gasteiger partial charge in [-0.2, -0.15) is 0 Å². The first kappa shape index (κ1) is 23.9. The standard InChI is InChI=1S/C27H36O3/c1-23(28)27(25-18-10-5-11-19-25,21-13-3-2-12-20-26(29)30)22-14-6-9-17-24-15-7-4-8-16-24/h4-5,7-8,10-11,15-16,18-19H,2-3,6,9,12-14,17,20-22H2,1H3,(H,29,30). The Morgan fingerprint density at radius 1 is 0.733 bits per heavy atom. The molecule has 0 spiro atoms. The van der Waals surface area contributed by atoms with Gasteiger partial charge in [-0.1, -0.05) is 92.8 Å². The van der Waals surface area contributed by atoms with Crippen molar-refractivity contribution in [1.82, 2.24) is 0 Å². The third-order valence-electron chi connectivity index (χ3n) is 6.16. The van der Waals surface area contributed by atoms with Crippen molar-refractivity contribution in [2.75, 3.05) is 0 Å². The first-order valence-corrected chi connectivity index (χ1v) is 11.4. The Balaban J connectivity index is 1.92. The summed E-state index contributed by atoms with van der Waals surface area (Å²) in [6.45, 7) is 1.74. The van der Waals surface area contributed by atoms with Gasteiger partial charge < -0.3 is 5.11 Å². The average molecular weight is 409 g/mol. The van der Waals surface area contributed by atoms with Crippen LogP contribution >= 0.6 is 0 Å². The summed E-state index contributed by atoms with van der Waals surface area (Å²) in [5.41, 5.74) is 2.09. The summed E-state index contributed by atoms with van der Waals surface area (Å²) < 4.78 is 0. The highest BCUT2D eigenvalue weighted by atomic mass is 16.4. The topological polar surface area (TPSA) is 54.4 Å². The Labute approximate surface area is 181 Å². The lowest BCUT2D eigenvalue weighted by Crippen LogP contribution is -2.34. The molecule has 0 aliphatic carbocycles. The summed E-state index contributed by atoms with van der Waals surface area (Å²) >= 11 is 0. The number of ketones is 1. The molecule has 0 saturated heterocycles. The van der Waals surface area contributed by atoms with Crippen molar-refractivity contribution in [3.8, 4) is 0 Å². The maximum Gasteiger partial charge on any atom is 0.303 e. The first-order chi connectivity index (χ1) is 14.5. The lowest BCUT2D eigenvalue weighted by Gasteiger charge is -2.32. The molecule has 0 amide bonds. The molecule has 0 saturated carbocycles. The Bertz CT molecular complexity index is 754. The Kier molecular flexibility index (Phi) is 10.3. The molecule has 0 aliphatic heterocycles. The second-order valence-electron chi connectivity index (χ2n) is 8.36. The van der Waals surface area contributed by atoms with E-state index in [0.29, 0.717) is 6.42 Å². The Morgan fingerprint density at radius 2 is 1.27 bits per heavy atom. The fourth-order valence-corrected chi connectivity index (χ4v) is 4.36. The van der Waals surface area contributed by atoms with E-state index in [1.165, 1.54) is 5.56 Å². The first-order valence-electron chi connectivity index (χ1n) is 11.4. The number of hydrogen-bond donors (Lipinski definition) is 1. The average Bonchev–Trinajstić information content (AvgIpc) is 2.75. The van der Waals surface area contributed by atoms with Crippen molar-refractivity contribution >= 4 is 11.8 Å². The Morgan fingerprint density at radius 3 is 1.83 bits per heavy atom. The molecule has 0 bridgehead atoms. The van der Waals surface area contributed by atoms with E-state index in [-0.39, 0.29) is 12.2 Å². The van der Waals surface area contributed by atoms with Crippen LogP contribution in [0.25, 0.3) is 0 Å². The monoisotopic (exact) mass is 408 g/mol. The van der Waals surface area contributed by atoms with Gasteiger partial charge in [0.2, 0.25) is 0 Å². The van der Waals surface area contributed by atoms with Crippen LogP contribution < -0.4 is 0 Å². The number of Topliss-reactive ketones (excluding diaryl/α,β-unsaturated/α-hetero) is 1. The number of carbonyl (C=O) groups is 2. The van der Waals surface area contributed by atoms with Crippen LogP contribution in [0, 0.1) is 0 Å². The van der Waals surface area contributed by atoms with Gasteiger partial charge in [0.15, 0.2) is 0 Å². The fourth-order valence-electron chi connectivity index (χ4n) is 4.36. The van der Waals surface area contributed by atoms with Crippen LogP contribution in [-0.4, -0.2) is 16.9 Å². The van der Waals surface area contributed by atoms with Crippen LogP contribution in [0.3, 0.4) is 0 Å². The van der Waals surface area contributed by atoms with Crippen molar-refractivity contribution in [3.63, 3.8) is 0 Å². The van der Waals surface area contributed by atoms with E-state index in [2.05, 4.69) is 36.4 Å². The van der Waals surface area contributed by atoms with Crippen LogP contribution in [-0.2, 0) is 21.4 Å². The highest BCUT2D eigenvalue weighted by Crippen LogP contribution is 2.37. The minimum absolute atomic E-state index is 0.234. The quantitative estimate of drug-likeness (QED) is 0.332. The fraction of sp³-hybridized carbons (Fsp3) is 0.481. The molecule has 1 N–H and O–H groups in total. The number of aliphatic carboxylic acids is 1. The molecule has 1 unspecified atom stereocenters. The van der Waals surface area contributed by atoms with Crippen molar-refractivity contribution in [1.29, 1.82) is 0 Å². The second-order valence-corrected chi connectivity index (χ2v) is 8.36. The largest absolute Gasteiger partial charge is 0.481 e. The van der Waals surface area contributed by atoms with Crippen LogP contribution in [0.2, 0.25) is 0 Å². The third kappa shape index (κ3) is 7.78. The number of hydrogen-bond acceptors (Lipinski definition) is 2. The van der Waals surface area contributed by atoms with Gasteiger partial charge in [-0.05, 0) is 50.2 Å². The minimum Gasteiger partial charge on any atom is -0.481 e. The summed E-state index contributed by atoms with van der Waals surface area (Å²) in [7, 11) is 0. The number of rotatable bonds is 15. The number of aryl methyl sites for hydroxylation is 1. The van der Waals surface area contributed by atoms with Crippen molar-refractivity contribution in [2.45, 2.75) is 83.0 Å². The molecule has 0 aromatic heterocycles. The molecule has 0 radical (unpaired) electrons. The zero-order valence-corrected chi connectivity index (χ0v) is 18.3. The van der Waals surface area contributed by atoms with E-state index in [0.717, 1.165) is 63.4 Å². The zero-order valence-electron chi connectivity index (χ0n) is 18.3. The van der Waals surface area contributed by atoms with Gasteiger partial charge >= 0.3 is 5.97 Å². The molecule has 30 heavy (non-hydrogen) atoms. The van der Waals surface area contributed by atoms with Crippen molar-refractivity contribution in [3.05, 3.63) is 71.8 Å². The molecule has 0 fully saturated rings. The molecule has 1 atom stereocenters. The molecule has 0 aliphatic rings. The third-order valence-corrected chi connectivity index (χ3v) is 6.16. The molecule has 162 valence electrons. The van der Waals surface area contributed by atoms with Gasteiger partial charge in [0.1, 0.15) is 5.78 Å². The number of carboxylic acids is 1. The van der Waals surface area contributed by atoms with E-state index in [1.54, 1.807) is 6.92 Å². The zero-order chi connectivity index (χ0) is 21.7. The normalized spacial score (nSPS) is 13.0. The molecular formula is C27H36O3. The summed E-state index contributed by atoms with van der Waals surface area (Å²) in [4.78, 5) is 23.6. The SMILES string of the molecule is CC(=O)C(CCCCCCC(=O)O)(CCCCCc1ccccc1)c1ccccc1. The maximum atomic E-state index is 12.9. The maximum absolute atomic E-state index is 12.9. The second kappa shape index (κ2) is 13.0. The highest BCUT2D eigenvalue weighted by molar-refractivity contribution is 5.88. The molecule has 0 heterocycles. The van der Waals surface area contributed by atoms with Gasteiger partial charge in [-0.15, -0.1) is 0 Å². The molecule has 2 aromatic carbocycles. The number of unbranched alkanes of at least 4 members (excludes halogenated alkanes) is 5. The van der Waals surface area contributed by atoms with E-state index in [1.807, 2.05) is 24.3 Å². The summed E-state index contributed by atoms with van der Waals surface area (Å²) in [5, 5.41) is 8.79. The van der Waals surface area contributed by atoms with E-state index in [9.17, 15) is 9.59 Å². The van der Waals surface area contributed by atoms with Gasteiger partial charge in [0, 0.05) is 6.42 Å². The Hall–Kier alpha value is -2.42. The van der Waals surface area contributed by atoms with Crippen molar-refractivity contribution in [2.24, 2.45) is 0 Å². The van der Waals surface area contributed by atoms with E-state index < -0.39 is 11.4 Å². The number of benzene rings is 2. The van der Waals surface area contributed by atoms with Gasteiger partial charge in [-0.3, -0.25) is 9.59 Å². The number of carbonyl (C=O) groups excluding carboxylic acids is 1. The summed E-state index contributed by atoms with van der Waals surface area (Å²) in [6, 6.07) is 20.8. The molecule has 2 aromatic rings. The molecule has 2 rings (SSSR count). The van der Waals surface area contributed by atoms with Crippen LogP contribution in [0.15, 0.2) is 60.7 Å². The lowest BCUT2D eigenvalue weighted by atomic mass is 9.70. The van der Waals surface area contributed by atoms with Crippen LogP contribution in [0.1, 0.15) is 82.3 Å². The van der Waals surface area contributed by atoms with E-state index >= 15 is 0 Å². The number of carboxylic acid groups (broad SMARTS) is 1. The van der Waals surface area contributed by atoms with Gasteiger partial charge in [0.25, 0.3) is 0 Å². The summed E-state index contributed by atoms with van der Waals surface area (Å²) in [6.07, 6.45) is 9.91. The minimum atomic E-state index is -0.729. The lowest BCUT2D eigenvalue weighted by molar-refractivity contribution is -0.137. The van der Waals surface area contributed by atoms with Gasteiger partial charge in [-0.25, -0.2) is 0 Å². The predicted octanol–water partition coefficient (Wildman–Crippen LogP) is 6.74. The smallest absolute Gasteiger partial charge is 0.303 e. The van der Waals surface area contributed by atoms with Gasteiger partial charge in [0.05, 0.1) is 5.41 Å². The highest BCUT2D eigenvalue weighted by Gasteiger charge is 2.35.